The second kappa shape index (κ2) is 6.48. The van der Waals surface area contributed by atoms with Crippen molar-refractivity contribution in [3.05, 3.63) is 23.8 Å². The molecule has 0 radical (unpaired) electrons. The number of nitrogens with two attached hydrogens (primary N) is 1. The molecule has 0 heterocycles. The Hall–Kier alpha value is -2.24. The predicted octanol–water partition coefficient (Wildman–Crippen LogP) is 1.48. The molecule has 18 heavy (non-hydrogen) atoms. The van der Waals surface area contributed by atoms with E-state index in [9.17, 15) is 4.79 Å². The van der Waals surface area contributed by atoms with E-state index in [2.05, 4.69) is 10.5 Å². The van der Waals surface area contributed by atoms with Gasteiger partial charge in [0, 0.05) is 5.56 Å². The molecule has 0 aliphatic heterocycles. The molecule has 98 valence electrons. The van der Waals surface area contributed by atoms with Crippen molar-refractivity contribution < 1.29 is 14.3 Å². The third-order valence-electron chi connectivity index (χ3n) is 1.96. The second-order valence-electron chi connectivity index (χ2n) is 3.78. The molecule has 0 saturated carbocycles. The van der Waals surface area contributed by atoms with Crippen molar-refractivity contribution in [2.75, 3.05) is 7.11 Å². The van der Waals surface area contributed by atoms with E-state index in [-0.39, 0.29) is 6.10 Å². The van der Waals surface area contributed by atoms with E-state index in [1.54, 1.807) is 25.3 Å². The van der Waals surface area contributed by atoms with Gasteiger partial charge in [-0.2, -0.15) is 5.10 Å². The van der Waals surface area contributed by atoms with Crippen LogP contribution in [0.15, 0.2) is 23.3 Å². The molecule has 3 N–H and O–H groups in total. The Morgan fingerprint density at radius 1 is 1.50 bits per heavy atom. The summed E-state index contributed by atoms with van der Waals surface area (Å²) in [6.45, 7) is 3.82. The first kappa shape index (κ1) is 13.8. The average Bonchev–Trinajstić information content (AvgIpc) is 2.30. The molecular formula is C12H17N3O3. The normalized spacial score (nSPS) is 10.7. The van der Waals surface area contributed by atoms with Crippen LogP contribution in [0.25, 0.3) is 0 Å². The third kappa shape index (κ3) is 3.97. The zero-order valence-electron chi connectivity index (χ0n) is 10.6. The van der Waals surface area contributed by atoms with Crippen LogP contribution in [-0.4, -0.2) is 25.5 Å². The van der Waals surface area contributed by atoms with Gasteiger partial charge in [-0.15, -0.1) is 0 Å². The van der Waals surface area contributed by atoms with E-state index in [0.717, 1.165) is 0 Å². The molecule has 0 aliphatic carbocycles. The van der Waals surface area contributed by atoms with Crippen molar-refractivity contribution in [1.29, 1.82) is 0 Å². The maximum atomic E-state index is 10.5. The second-order valence-corrected chi connectivity index (χ2v) is 3.78. The number of nitrogens with one attached hydrogen (secondary N) is 1. The highest BCUT2D eigenvalue weighted by molar-refractivity contribution is 5.86. The lowest BCUT2D eigenvalue weighted by molar-refractivity contribution is 0.229. The smallest absolute Gasteiger partial charge is 0.332 e. The van der Waals surface area contributed by atoms with E-state index < -0.39 is 6.03 Å². The first-order valence-electron chi connectivity index (χ1n) is 5.46. The van der Waals surface area contributed by atoms with Crippen molar-refractivity contribution in [2.45, 2.75) is 20.0 Å². The van der Waals surface area contributed by atoms with Crippen molar-refractivity contribution in [3.63, 3.8) is 0 Å². The number of nitrogens with zero attached hydrogens (tertiary/aromatic N) is 1. The Morgan fingerprint density at radius 3 is 2.78 bits per heavy atom. The largest absolute Gasteiger partial charge is 0.493 e. The van der Waals surface area contributed by atoms with Gasteiger partial charge in [0.05, 0.1) is 19.4 Å². The molecule has 1 aromatic rings. The number of benzene rings is 1. The van der Waals surface area contributed by atoms with Gasteiger partial charge in [0.1, 0.15) is 0 Å². The maximum absolute atomic E-state index is 10.5. The molecule has 0 saturated heterocycles. The molecule has 6 nitrogen and oxygen atoms in total. The van der Waals surface area contributed by atoms with Crippen LogP contribution in [0.2, 0.25) is 0 Å². The Morgan fingerprint density at radius 2 is 2.22 bits per heavy atom. The Balaban J connectivity index is 3.01. The number of urea groups is 1. The fraction of sp³-hybridized carbons (Fsp3) is 0.333. The molecule has 6 heteroatoms. The number of ether oxygens (including phenoxy) is 2. The summed E-state index contributed by atoms with van der Waals surface area (Å²) in [5.41, 5.74) is 7.73. The Kier molecular flexibility index (Phi) is 4.98. The highest BCUT2D eigenvalue weighted by atomic mass is 16.5. The van der Waals surface area contributed by atoms with Crippen molar-refractivity contribution in [3.8, 4) is 11.5 Å². The predicted molar refractivity (Wildman–Crippen MR) is 69.1 cm³/mol. The summed E-state index contributed by atoms with van der Waals surface area (Å²) in [4.78, 5) is 10.5. The number of hydrogen-bond donors (Lipinski definition) is 2. The van der Waals surface area contributed by atoms with E-state index in [0.29, 0.717) is 17.1 Å². The van der Waals surface area contributed by atoms with Gasteiger partial charge in [-0.05, 0) is 26.0 Å². The summed E-state index contributed by atoms with van der Waals surface area (Å²) >= 11 is 0. The highest BCUT2D eigenvalue weighted by Gasteiger charge is 2.10. The summed E-state index contributed by atoms with van der Waals surface area (Å²) in [5.74, 6) is 1.18. The lowest BCUT2D eigenvalue weighted by Gasteiger charge is -2.15. The molecule has 1 aromatic carbocycles. The fourth-order valence-corrected chi connectivity index (χ4v) is 1.32. The number of amides is 2. The number of rotatable bonds is 5. The van der Waals surface area contributed by atoms with Crippen LogP contribution in [0.4, 0.5) is 4.79 Å². The fourth-order valence-electron chi connectivity index (χ4n) is 1.32. The lowest BCUT2D eigenvalue weighted by Crippen LogP contribution is -2.24. The van der Waals surface area contributed by atoms with E-state index >= 15 is 0 Å². The first-order chi connectivity index (χ1) is 8.54. The Labute approximate surface area is 106 Å². The Bertz CT molecular complexity index is 444. The summed E-state index contributed by atoms with van der Waals surface area (Å²) in [7, 11) is 1.56. The standard InChI is InChI=1S/C12H17N3O3/c1-8(2)18-11-9(7-14-15-12(13)16)5-4-6-10(11)17-3/h4-8H,1-3H3,(H3,13,15,16)/b14-7-. The van der Waals surface area contributed by atoms with Crippen molar-refractivity contribution >= 4 is 12.2 Å². The monoisotopic (exact) mass is 251 g/mol. The van der Waals surface area contributed by atoms with Gasteiger partial charge in [0.15, 0.2) is 11.5 Å². The summed E-state index contributed by atoms with van der Waals surface area (Å²) in [6.07, 6.45) is 1.45. The van der Waals surface area contributed by atoms with Crippen LogP contribution >= 0.6 is 0 Å². The van der Waals surface area contributed by atoms with Crippen molar-refractivity contribution in [1.82, 2.24) is 5.43 Å². The number of primary amides is 1. The van der Waals surface area contributed by atoms with Gasteiger partial charge in [-0.1, -0.05) is 6.07 Å². The van der Waals surface area contributed by atoms with E-state index in [1.165, 1.54) is 6.21 Å². The number of hydrogen-bond acceptors (Lipinski definition) is 4. The molecule has 1 rings (SSSR count). The topological polar surface area (TPSA) is 85.9 Å². The number of methoxy groups -OCH3 is 1. The van der Waals surface area contributed by atoms with Gasteiger partial charge in [-0.25, -0.2) is 10.2 Å². The highest BCUT2D eigenvalue weighted by Crippen LogP contribution is 2.30. The van der Waals surface area contributed by atoms with E-state index in [1.807, 2.05) is 13.8 Å². The van der Waals surface area contributed by atoms with Crippen LogP contribution in [0.3, 0.4) is 0 Å². The van der Waals surface area contributed by atoms with Crippen LogP contribution in [0.5, 0.6) is 11.5 Å². The minimum absolute atomic E-state index is 0.00227. The van der Waals surface area contributed by atoms with Crippen LogP contribution in [-0.2, 0) is 0 Å². The van der Waals surface area contributed by atoms with Gasteiger partial charge < -0.3 is 15.2 Å². The molecule has 0 unspecified atom stereocenters. The van der Waals surface area contributed by atoms with Crippen LogP contribution in [0.1, 0.15) is 19.4 Å². The number of para-hydroxylation sites is 1. The number of carbonyl (C=O) groups is 1. The zero-order chi connectivity index (χ0) is 13.5. The first-order valence-corrected chi connectivity index (χ1v) is 5.46. The van der Waals surface area contributed by atoms with Crippen molar-refractivity contribution in [2.24, 2.45) is 10.8 Å². The maximum Gasteiger partial charge on any atom is 0.332 e. The minimum atomic E-state index is -0.722. The molecular weight excluding hydrogens is 234 g/mol. The van der Waals surface area contributed by atoms with E-state index in [4.69, 9.17) is 15.2 Å². The average molecular weight is 251 g/mol. The summed E-state index contributed by atoms with van der Waals surface area (Å²) < 4.78 is 10.9. The molecule has 0 aliphatic rings. The molecule has 0 aromatic heterocycles. The molecule has 0 bridgehead atoms. The number of hydrazone groups is 1. The van der Waals surface area contributed by atoms with Gasteiger partial charge in [-0.3, -0.25) is 0 Å². The zero-order valence-corrected chi connectivity index (χ0v) is 10.6. The molecule has 0 fully saturated rings. The summed E-state index contributed by atoms with van der Waals surface area (Å²) in [5, 5.41) is 3.70. The minimum Gasteiger partial charge on any atom is -0.493 e. The van der Waals surface area contributed by atoms with Gasteiger partial charge >= 0.3 is 6.03 Å². The lowest BCUT2D eigenvalue weighted by atomic mass is 10.2. The molecule has 0 spiro atoms. The molecule has 0 atom stereocenters. The molecule has 2 amide bonds. The summed E-state index contributed by atoms with van der Waals surface area (Å²) in [6, 6.07) is 4.67. The van der Waals surface area contributed by atoms with Crippen LogP contribution < -0.4 is 20.6 Å². The van der Waals surface area contributed by atoms with Crippen LogP contribution in [0, 0.1) is 0 Å². The SMILES string of the molecule is COc1cccc(/C=N\NC(N)=O)c1OC(C)C. The quantitative estimate of drug-likeness (QED) is 0.614. The third-order valence-corrected chi connectivity index (χ3v) is 1.96. The van der Waals surface area contributed by atoms with Gasteiger partial charge in [0.25, 0.3) is 0 Å². The number of carbonyl (C=O) groups excluding carboxylic acids is 1. The van der Waals surface area contributed by atoms with Gasteiger partial charge in [0.2, 0.25) is 0 Å².